The standard InChI is InChI=1S/C28H28N4O4/c1-19-13-15-23(16-14-19)25-31-27(36-32-25)24(17-21-9-5-3-6-10-21)30-26(33)20(2)29-28(34)35-18-22-11-7-4-8-12-22/h3-16,20,24H,17-18H2,1-2H3,(H,29,34)(H,30,33)/t20-,24-/m1/s1. The van der Waals surface area contributed by atoms with Crippen molar-refractivity contribution in [1.29, 1.82) is 0 Å². The van der Waals surface area contributed by atoms with Crippen molar-refractivity contribution < 1.29 is 18.8 Å². The van der Waals surface area contributed by atoms with Crippen LogP contribution >= 0.6 is 0 Å². The second-order valence-corrected chi connectivity index (χ2v) is 8.50. The van der Waals surface area contributed by atoms with E-state index in [1.807, 2.05) is 91.9 Å². The lowest BCUT2D eigenvalue weighted by atomic mass is 10.1. The highest BCUT2D eigenvalue weighted by molar-refractivity contribution is 5.85. The highest BCUT2D eigenvalue weighted by Crippen LogP contribution is 2.22. The molecule has 0 aliphatic carbocycles. The number of nitrogens with one attached hydrogen (secondary N) is 2. The van der Waals surface area contributed by atoms with E-state index in [4.69, 9.17) is 9.26 Å². The largest absolute Gasteiger partial charge is 0.445 e. The van der Waals surface area contributed by atoms with Gasteiger partial charge in [0, 0.05) is 12.0 Å². The second kappa shape index (κ2) is 11.8. The van der Waals surface area contributed by atoms with E-state index in [0.29, 0.717) is 12.2 Å². The molecule has 0 saturated carbocycles. The number of hydrogen-bond donors (Lipinski definition) is 2. The van der Waals surface area contributed by atoms with Crippen molar-refractivity contribution >= 4 is 12.0 Å². The Bertz CT molecular complexity index is 1270. The van der Waals surface area contributed by atoms with E-state index in [-0.39, 0.29) is 12.5 Å². The highest BCUT2D eigenvalue weighted by atomic mass is 16.5. The first kappa shape index (κ1) is 24.7. The number of alkyl carbamates (subject to hydrolysis) is 1. The Hall–Kier alpha value is -4.46. The summed E-state index contributed by atoms with van der Waals surface area (Å²) in [6.45, 7) is 3.70. The predicted octanol–water partition coefficient (Wildman–Crippen LogP) is 4.76. The summed E-state index contributed by atoms with van der Waals surface area (Å²) in [4.78, 5) is 29.7. The molecule has 0 spiro atoms. The molecule has 36 heavy (non-hydrogen) atoms. The molecule has 3 aromatic carbocycles. The minimum atomic E-state index is -0.842. The molecule has 0 bridgehead atoms. The van der Waals surface area contributed by atoms with Gasteiger partial charge in [-0.2, -0.15) is 4.98 Å². The van der Waals surface area contributed by atoms with E-state index < -0.39 is 24.1 Å². The van der Waals surface area contributed by atoms with Gasteiger partial charge in [0.15, 0.2) is 0 Å². The number of rotatable bonds is 9. The molecular formula is C28H28N4O4. The molecule has 8 nitrogen and oxygen atoms in total. The second-order valence-electron chi connectivity index (χ2n) is 8.50. The van der Waals surface area contributed by atoms with Gasteiger partial charge < -0.3 is 19.9 Å². The van der Waals surface area contributed by atoms with Gasteiger partial charge in [-0.1, -0.05) is 95.6 Å². The van der Waals surface area contributed by atoms with E-state index in [1.54, 1.807) is 6.92 Å². The normalized spacial score (nSPS) is 12.4. The van der Waals surface area contributed by atoms with Crippen molar-refractivity contribution in [2.75, 3.05) is 0 Å². The molecule has 1 aromatic heterocycles. The molecule has 0 unspecified atom stereocenters. The number of aryl methyl sites for hydroxylation is 1. The van der Waals surface area contributed by atoms with Gasteiger partial charge in [0.05, 0.1) is 0 Å². The van der Waals surface area contributed by atoms with Crippen LogP contribution in [0.25, 0.3) is 11.4 Å². The number of ether oxygens (including phenoxy) is 1. The maximum atomic E-state index is 13.0. The Morgan fingerprint density at radius 1 is 0.889 bits per heavy atom. The van der Waals surface area contributed by atoms with Crippen LogP contribution in [0, 0.1) is 6.92 Å². The summed E-state index contributed by atoms with van der Waals surface area (Å²) < 4.78 is 10.8. The molecule has 184 valence electrons. The number of benzene rings is 3. The summed E-state index contributed by atoms with van der Waals surface area (Å²) in [7, 11) is 0. The van der Waals surface area contributed by atoms with Crippen LogP contribution < -0.4 is 10.6 Å². The lowest BCUT2D eigenvalue weighted by Crippen LogP contribution is -2.46. The number of hydrogen-bond acceptors (Lipinski definition) is 6. The maximum Gasteiger partial charge on any atom is 0.408 e. The van der Waals surface area contributed by atoms with Crippen LogP contribution in [0.2, 0.25) is 0 Å². The molecular weight excluding hydrogens is 456 g/mol. The van der Waals surface area contributed by atoms with Crippen LogP contribution in [0.3, 0.4) is 0 Å². The van der Waals surface area contributed by atoms with Crippen LogP contribution in [0.4, 0.5) is 4.79 Å². The molecule has 2 amide bonds. The summed E-state index contributed by atoms with van der Waals surface area (Å²) in [6.07, 6.45) is -0.242. The fourth-order valence-corrected chi connectivity index (χ4v) is 3.55. The molecule has 4 rings (SSSR count). The lowest BCUT2D eigenvalue weighted by molar-refractivity contribution is -0.123. The minimum Gasteiger partial charge on any atom is -0.445 e. The van der Waals surface area contributed by atoms with Crippen molar-refractivity contribution in [3.05, 3.63) is 108 Å². The van der Waals surface area contributed by atoms with Gasteiger partial charge in [-0.05, 0) is 25.0 Å². The monoisotopic (exact) mass is 484 g/mol. The lowest BCUT2D eigenvalue weighted by Gasteiger charge is -2.19. The van der Waals surface area contributed by atoms with Crippen molar-refractivity contribution in [1.82, 2.24) is 20.8 Å². The van der Waals surface area contributed by atoms with Crippen LogP contribution in [0.15, 0.2) is 89.5 Å². The van der Waals surface area contributed by atoms with Gasteiger partial charge in [0.2, 0.25) is 17.6 Å². The predicted molar refractivity (Wildman–Crippen MR) is 135 cm³/mol. The third-order valence-electron chi connectivity index (χ3n) is 5.59. The van der Waals surface area contributed by atoms with Crippen LogP contribution in [-0.2, 0) is 22.6 Å². The molecule has 0 aliphatic rings. The molecule has 4 aromatic rings. The van der Waals surface area contributed by atoms with E-state index in [0.717, 1.165) is 22.3 Å². The highest BCUT2D eigenvalue weighted by Gasteiger charge is 2.25. The third-order valence-corrected chi connectivity index (χ3v) is 5.59. The fraction of sp³-hybridized carbons (Fsp3) is 0.214. The average molecular weight is 485 g/mol. The van der Waals surface area contributed by atoms with E-state index >= 15 is 0 Å². The zero-order valence-corrected chi connectivity index (χ0v) is 20.2. The number of carbonyl (C=O) groups excluding carboxylic acids is 2. The Morgan fingerprint density at radius 2 is 1.53 bits per heavy atom. The first-order valence-electron chi connectivity index (χ1n) is 11.7. The average Bonchev–Trinajstić information content (AvgIpc) is 3.39. The van der Waals surface area contributed by atoms with Gasteiger partial charge in [-0.25, -0.2) is 4.79 Å². The van der Waals surface area contributed by atoms with E-state index in [2.05, 4.69) is 20.8 Å². The number of amides is 2. The van der Waals surface area contributed by atoms with E-state index in [9.17, 15) is 9.59 Å². The van der Waals surface area contributed by atoms with Crippen molar-refractivity contribution in [2.24, 2.45) is 0 Å². The molecule has 1 heterocycles. The molecule has 2 N–H and O–H groups in total. The Morgan fingerprint density at radius 3 is 2.19 bits per heavy atom. The van der Waals surface area contributed by atoms with Crippen LogP contribution in [0.5, 0.6) is 0 Å². The van der Waals surface area contributed by atoms with Crippen LogP contribution in [-0.4, -0.2) is 28.2 Å². The molecule has 0 saturated heterocycles. The Kier molecular flexibility index (Phi) is 8.08. The molecule has 8 heteroatoms. The summed E-state index contributed by atoms with van der Waals surface area (Å²) in [6, 6.07) is 25.4. The number of aromatic nitrogens is 2. The topological polar surface area (TPSA) is 106 Å². The minimum absolute atomic E-state index is 0.113. The SMILES string of the molecule is Cc1ccc(-c2noc([C@@H](Cc3ccccc3)NC(=O)[C@@H](C)NC(=O)OCc3ccccc3)n2)cc1. The summed E-state index contributed by atoms with van der Waals surface area (Å²) in [5.74, 6) is 0.317. The Labute approximate surface area is 209 Å². The van der Waals surface area contributed by atoms with Gasteiger partial charge in [-0.15, -0.1) is 0 Å². The zero-order chi connectivity index (χ0) is 25.3. The van der Waals surface area contributed by atoms with Crippen molar-refractivity contribution in [3.63, 3.8) is 0 Å². The van der Waals surface area contributed by atoms with Crippen molar-refractivity contribution in [3.8, 4) is 11.4 Å². The first-order valence-corrected chi connectivity index (χ1v) is 11.7. The number of nitrogens with zero attached hydrogens (tertiary/aromatic N) is 2. The molecule has 2 atom stereocenters. The molecule has 0 aliphatic heterocycles. The van der Waals surface area contributed by atoms with Crippen molar-refractivity contribution in [2.45, 2.75) is 39.0 Å². The van der Waals surface area contributed by atoms with Gasteiger partial charge >= 0.3 is 6.09 Å². The van der Waals surface area contributed by atoms with Gasteiger partial charge in [0.1, 0.15) is 18.7 Å². The maximum absolute atomic E-state index is 13.0. The fourth-order valence-electron chi connectivity index (χ4n) is 3.55. The van der Waals surface area contributed by atoms with Gasteiger partial charge in [0.25, 0.3) is 0 Å². The summed E-state index contributed by atoms with van der Waals surface area (Å²) in [5.41, 5.74) is 3.78. The van der Waals surface area contributed by atoms with E-state index in [1.165, 1.54) is 0 Å². The quantitative estimate of drug-likeness (QED) is 0.355. The third kappa shape index (κ3) is 6.79. The van der Waals surface area contributed by atoms with Gasteiger partial charge in [-0.3, -0.25) is 4.79 Å². The smallest absolute Gasteiger partial charge is 0.408 e. The summed E-state index contributed by atoms with van der Waals surface area (Å²) >= 11 is 0. The van der Waals surface area contributed by atoms with Crippen LogP contribution in [0.1, 0.15) is 35.5 Å². The molecule has 0 radical (unpaired) electrons. The summed E-state index contributed by atoms with van der Waals surface area (Å²) in [5, 5.41) is 9.60. The first-order chi connectivity index (χ1) is 17.5. The molecule has 0 fully saturated rings. The Balaban J connectivity index is 1.43. The number of carbonyl (C=O) groups is 2. The zero-order valence-electron chi connectivity index (χ0n) is 20.2.